The maximum absolute atomic E-state index is 12.1. The van der Waals surface area contributed by atoms with E-state index in [1.807, 2.05) is 33.8 Å². The highest BCUT2D eigenvalue weighted by atomic mass is 32.2. The first-order chi connectivity index (χ1) is 8.77. The molecule has 0 amide bonds. The molecule has 0 unspecified atom stereocenters. The van der Waals surface area contributed by atoms with E-state index >= 15 is 0 Å². The third-order valence-corrected chi connectivity index (χ3v) is 4.76. The average molecular weight is 288 g/mol. The second-order valence-electron chi connectivity index (χ2n) is 4.89. The van der Waals surface area contributed by atoms with E-state index in [0.29, 0.717) is 6.54 Å². The molecule has 1 heterocycles. The predicted molar refractivity (Wildman–Crippen MR) is 76.2 cm³/mol. The van der Waals surface area contributed by atoms with E-state index < -0.39 is 10.2 Å². The molecule has 110 valence electrons. The smallest absolute Gasteiger partial charge is 0.279 e. The third-order valence-electron chi connectivity index (χ3n) is 3.11. The predicted octanol–water partition coefficient (Wildman–Crippen LogP) is 2.52. The summed E-state index contributed by atoms with van der Waals surface area (Å²) < 4.78 is 33.7. The lowest BCUT2D eigenvalue weighted by atomic mass is 10.1. The highest BCUT2D eigenvalue weighted by Gasteiger charge is 2.22. The Balaban J connectivity index is 2.75. The molecular formula is C13H24N2O3S. The zero-order valence-electron chi connectivity index (χ0n) is 12.4. The summed E-state index contributed by atoms with van der Waals surface area (Å²) in [4.78, 5) is 0. The van der Waals surface area contributed by atoms with Gasteiger partial charge in [0, 0.05) is 25.2 Å². The minimum Gasteiger partial charge on any atom is -0.466 e. The molecule has 0 bridgehead atoms. The molecule has 1 atom stereocenters. The van der Waals surface area contributed by atoms with Crippen LogP contribution in [0.5, 0.6) is 0 Å². The Morgan fingerprint density at radius 1 is 1.42 bits per heavy atom. The standard InChI is InChI=1S/C13H24N2O3S/c1-6-7-8-15(5)19(16,17)14-11(3)13-9-10(2)18-12(13)4/h9,11,14H,6-8H2,1-5H3/t11-/m0/s1. The fraction of sp³-hybridized carbons (Fsp3) is 0.692. The Kier molecular flexibility index (Phi) is 5.58. The maximum atomic E-state index is 12.1. The maximum Gasteiger partial charge on any atom is 0.279 e. The van der Waals surface area contributed by atoms with Crippen LogP contribution in [0, 0.1) is 13.8 Å². The van der Waals surface area contributed by atoms with Crippen molar-refractivity contribution in [3.05, 3.63) is 23.2 Å². The molecule has 1 aromatic heterocycles. The van der Waals surface area contributed by atoms with Gasteiger partial charge in [-0.25, -0.2) is 0 Å². The minimum absolute atomic E-state index is 0.300. The summed E-state index contributed by atoms with van der Waals surface area (Å²) in [6, 6.07) is 1.57. The van der Waals surface area contributed by atoms with Crippen LogP contribution < -0.4 is 4.72 Å². The lowest BCUT2D eigenvalue weighted by molar-refractivity contribution is 0.441. The average Bonchev–Trinajstić information content (AvgIpc) is 2.64. The quantitative estimate of drug-likeness (QED) is 0.838. The van der Waals surface area contributed by atoms with Crippen molar-refractivity contribution in [3.63, 3.8) is 0 Å². The first kappa shape index (κ1) is 16.2. The van der Waals surface area contributed by atoms with E-state index in [1.54, 1.807) is 7.05 Å². The lowest BCUT2D eigenvalue weighted by Gasteiger charge is -2.20. The topological polar surface area (TPSA) is 62.6 Å². The van der Waals surface area contributed by atoms with Gasteiger partial charge in [0.2, 0.25) is 0 Å². The van der Waals surface area contributed by atoms with Crippen LogP contribution in [0.4, 0.5) is 0 Å². The van der Waals surface area contributed by atoms with Crippen LogP contribution >= 0.6 is 0 Å². The van der Waals surface area contributed by atoms with Gasteiger partial charge in [-0.15, -0.1) is 0 Å². The van der Waals surface area contributed by atoms with Crippen LogP contribution in [0.3, 0.4) is 0 Å². The Morgan fingerprint density at radius 3 is 2.53 bits per heavy atom. The molecule has 5 nitrogen and oxygen atoms in total. The summed E-state index contributed by atoms with van der Waals surface area (Å²) in [5, 5.41) is 0. The summed E-state index contributed by atoms with van der Waals surface area (Å²) in [5.74, 6) is 1.54. The summed E-state index contributed by atoms with van der Waals surface area (Å²) in [5.41, 5.74) is 0.880. The van der Waals surface area contributed by atoms with E-state index in [1.165, 1.54) is 4.31 Å². The molecule has 0 aliphatic carbocycles. The van der Waals surface area contributed by atoms with Crippen molar-refractivity contribution in [2.45, 2.75) is 46.6 Å². The molecule has 0 fully saturated rings. The largest absolute Gasteiger partial charge is 0.466 e. The summed E-state index contributed by atoms with van der Waals surface area (Å²) in [6.07, 6.45) is 1.82. The SMILES string of the molecule is CCCCN(C)S(=O)(=O)N[C@@H](C)c1cc(C)oc1C. The molecule has 19 heavy (non-hydrogen) atoms. The number of nitrogens with one attached hydrogen (secondary N) is 1. The van der Waals surface area contributed by atoms with E-state index in [-0.39, 0.29) is 6.04 Å². The van der Waals surface area contributed by atoms with Crippen LogP contribution in [0.1, 0.15) is 49.8 Å². The molecule has 0 saturated carbocycles. The van der Waals surface area contributed by atoms with Gasteiger partial charge in [0.1, 0.15) is 11.5 Å². The molecule has 1 rings (SSSR count). The molecule has 0 radical (unpaired) electrons. The minimum atomic E-state index is -3.45. The van der Waals surface area contributed by atoms with Crippen LogP contribution in [0.2, 0.25) is 0 Å². The number of rotatable bonds is 7. The summed E-state index contributed by atoms with van der Waals surface area (Å²) in [7, 11) is -1.85. The van der Waals surface area contributed by atoms with Crippen molar-refractivity contribution < 1.29 is 12.8 Å². The molecular weight excluding hydrogens is 264 g/mol. The Bertz CT molecular complexity index is 508. The molecule has 0 saturated heterocycles. The molecule has 0 aromatic carbocycles. The number of hydrogen-bond donors (Lipinski definition) is 1. The monoisotopic (exact) mass is 288 g/mol. The normalized spacial score (nSPS) is 14.0. The number of aryl methyl sites for hydroxylation is 2. The van der Waals surface area contributed by atoms with Crippen molar-refractivity contribution >= 4 is 10.2 Å². The molecule has 1 N–H and O–H groups in total. The zero-order chi connectivity index (χ0) is 14.6. The van der Waals surface area contributed by atoms with Gasteiger partial charge in [0.05, 0.1) is 0 Å². The van der Waals surface area contributed by atoms with Gasteiger partial charge in [-0.3, -0.25) is 0 Å². The van der Waals surface area contributed by atoms with Crippen LogP contribution in [-0.4, -0.2) is 26.3 Å². The van der Waals surface area contributed by atoms with E-state index in [4.69, 9.17) is 4.42 Å². The van der Waals surface area contributed by atoms with Crippen LogP contribution in [0.15, 0.2) is 10.5 Å². The first-order valence-corrected chi connectivity index (χ1v) is 8.02. The van der Waals surface area contributed by atoms with Gasteiger partial charge in [-0.2, -0.15) is 17.4 Å². The molecule has 1 aromatic rings. The molecule has 0 aliphatic heterocycles. The summed E-state index contributed by atoms with van der Waals surface area (Å²) in [6.45, 7) is 8.08. The van der Waals surface area contributed by atoms with Crippen molar-refractivity contribution in [1.82, 2.24) is 9.03 Å². The Morgan fingerprint density at radius 2 is 2.05 bits per heavy atom. The van der Waals surface area contributed by atoms with Crippen molar-refractivity contribution in [2.24, 2.45) is 0 Å². The van der Waals surface area contributed by atoms with E-state index in [9.17, 15) is 8.42 Å². The number of furan rings is 1. The third kappa shape index (κ3) is 4.33. The number of unbranched alkanes of at least 4 members (excludes halogenated alkanes) is 1. The second kappa shape index (κ2) is 6.54. The van der Waals surface area contributed by atoms with Gasteiger partial charge < -0.3 is 4.42 Å². The summed E-state index contributed by atoms with van der Waals surface area (Å²) >= 11 is 0. The van der Waals surface area contributed by atoms with E-state index in [2.05, 4.69) is 4.72 Å². The van der Waals surface area contributed by atoms with Crippen molar-refractivity contribution in [2.75, 3.05) is 13.6 Å². The highest BCUT2D eigenvalue weighted by Crippen LogP contribution is 2.22. The van der Waals surface area contributed by atoms with Gasteiger partial charge in [-0.05, 0) is 33.3 Å². The molecule has 0 aliphatic rings. The molecule has 0 spiro atoms. The Labute approximate surface area is 116 Å². The second-order valence-corrected chi connectivity index (χ2v) is 6.70. The van der Waals surface area contributed by atoms with Crippen LogP contribution in [0.25, 0.3) is 0 Å². The fourth-order valence-corrected chi connectivity index (χ4v) is 3.08. The van der Waals surface area contributed by atoms with Crippen molar-refractivity contribution in [3.8, 4) is 0 Å². The Hall–Kier alpha value is -0.850. The van der Waals surface area contributed by atoms with Gasteiger partial charge in [-0.1, -0.05) is 13.3 Å². The van der Waals surface area contributed by atoms with Gasteiger partial charge in [0.15, 0.2) is 0 Å². The lowest BCUT2D eigenvalue weighted by Crippen LogP contribution is -2.39. The zero-order valence-corrected chi connectivity index (χ0v) is 13.2. The fourth-order valence-electron chi connectivity index (χ4n) is 1.96. The van der Waals surface area contributed by atoms with E-state index in [0.717, 1.165) is 29.9 Å². The highest BCUT2D eigenvalue weighted by molar-refractivity contribution is 7.87. The molecule has 6 heteroatoms. The van der Waals surface area contributed by atoms with Gasteiger partial charge >= 0.3 is 0 Å². The van der Waals surface area contributed by atoms with Gasteiger partial charge in [0.25, 0.3) is 10.2 Å². The number of nitrogens with zero attached hydrogens (tertiary/aromatic N) is 1. The van der Waals surface area contributed by atoms with Crippen molar-refractivity contribution in [1.29, 1.82) is 0 Å². The van der Waals surface area contributed by atoms with Crippen LogP contribution in [-0.2, 0) is 10.2 Å². The number of hydrogen-bond acceptors (Lipinski definition) is 3. The first-order valence-electron chi connectivity index (χ1n) is 6.58.